The summed E-state index contributed by atoms with van der Waals surface area (Å²) < 4.78 is 10.9. The molecule has 0 radical (unpaired) electrons. The van der Waals surface area contributed by atoms with E-state index in [0.29, 0.717) is 11.7 Å². The predicted octanol–water partition coefficient (Wildman–Crippen LogP) is 2.71. The quantitative estimate of drug-likeness (QED) is 0.878. The molecule has 2 rings (SSSR count). The van der Waals surface area contributed by atoms with Crippen LogP contribution in [0.25, 0.3) is 0 Å². The van der Waals surface area contributed by atoms with Gasteiger partial charge in [0.2, 0.25) is 11.7 Å². The largest absolute Gasteiger partial charge is 0.485 e. The molecule has 0 amide bonds. The van der Waals surface area contributed by atoms with Gasteiger partial charge >= 0.3 is 0 Å². The fraction of sp³-hybridized carbons (Fsp3) is 0.467. The van der Waals surface area contributed by atoms with Crippen molar-refractivity contribution in [1.82, 2.24) is 10.1 Å². The number of rotatable bonds is 6. The zero-order valence-corrected chi connectivity index (χ0v) is 12.1. The average molecular weight is 276 g/mol. The molecule has 0 saturated heterocycles. The van der Waals surface area contributed by atoms with Gasteiger partial charge in [0, 0.05) is 6.42 Å². The van der Waals surface area contributed by atoms with Gasteiger partial charge in [-0.1, -0.05) is 24.2 Å². The second-order valence-electron chi connectivity index (χ2n) is 4.86. The second-order valence-corrected chi connectivity index (χ2v) is 4.86. The van der Waals surface area contributed by atoms with E-state index in [1.165, 1.54) is 0 Å². The van der Waals surface area contributed by atoms with Gasteiger partial charge in [0.25, 0.3) is 0 Å². The van der Waals surface area contributed by atoms with Crippen LogP contribution in [0.5, 0.6) is 5.75 Å². The lowest BCUT2D eigenvalue weighted by Gasteiger charge is -2.12. The molecule has 0 aliphatic carbocycles. The van der Waals surface area contributed by atoms with E-state index in [9.17, 15) is 0 Å². The van der Waals surface area contributed by atoms with Crippen LogP contribution in [0.15, 0.2) is 16.7 Å². The SMILES string of the molecule is CCCc1nc(COc2c(C)cc(CO)cc2C)no1. The summed E-state index contributed by atoms with van der Waals surface area (Å²) in [5.41, 5.74) is 2.87. The number of nitrogens with zero attached hydrogens (tertiary/aromatic N) is 2. The van der Waals surface area contributed by atoms with Crippen molar-refractivity contribution < 1.29 is 14.4 Å². The van der Waals surface area contributed by atoms with Crippen molar-refractivity contribution >= 4 is 0 Å². The summed E-state index contributed by atoms with van der Waals surface area (Å²) in [4.78, 5) is 4.27. The summed E-state index contributed by atoms with van der Waals surface area (Å²) in [6, 6.07) is 3.84. The minimum absolute atomic E-state index is 0.0349. The van der Waals surface area contributed by atoms with Crippen LogP contribution in [-0.2, 0) is 19.6 Å². The Morgan fingerprint density at radius 2 is 1.95 bits per heavy atom. The maximum atomic E-state index is 9.17. The number of aliphatic hydroxyl groups excluding tert-OH is 1. The maximum Gasteiger partial charge on any atom is 0.226 e. The van der Waals surface area contributed by atoms with Gasteiger partial charge in [0.05, 0.1) is 6.61 Å². The van der Waals surface area contributed by atoms with E-state index in [1.54, 1.807) is 0 Å². The van der Waals surface area contributed by atoms with E-state index in [0.717, 1.165) is 35.3 Å². The first kappa shape index (κ1) is 14.5. The van der Waals surface area contributed by atoms with Gasteiger partial charge in [-0.3, -0.25) is 0 Å². The Labute approximate surface area is 118 Å². The number of hydrogen-bond donors (Lipinski definition) is 1. The molecule has 2 aromatic rings. The van der Waals surface area contributed by atoms with Crippen molar-refractivity contribution in [3.63, 3.8) is 0 Å². The molecular weight excluding hydrogens is 256 g/mol. The molecule has 20 heavy (non-hydrogen) atoms. The van der Waals surface area contributed by atoms with Crippen LogP contribution in [-0.4, -0.2) is 15.2 Å². The Bertz CT molecular complexity index is 555. The van der Waals surface area contributed by atoms with Gasteiger partial charge in [0.15, 0.2) is 6.61 Å². The average Bonchev–Trinajstić information content (AvgIpc) is 2.85. The molecule has 0 spiro atoms. The van der Waals surface area contributed by atoms with Crippen molar-refractivity contribution in [2.75, 3.05) is 0 Å². The molecule has 0 aliphatic heterocycles. The third kappa shape index (κ3) is 3.36. The first-order chi connectivity index (χ1) is 9.63. The first-order valence-electron chi connectivity index (χ1n) is 6.79. The number of ether oxygens (including phenoxy) is 1. The third-order valence-corrected chi connectivity index (χ3v) is 3.02. The van der Waals surface area contributed by atoms with E-state index in [4.69, 9.17) is 14.4 Å². The summed E-state index contributed by atoms with van der Waals surface area (Å²) in [6.45, 7) is 6.30. The molecule has 0 bridgehead atoms. The van der Waals surface area contributed by atoms with Crippen LogP contribution in [0, 0.1) is 13.8 Å². The molecule has 1 heterocycles. The highest BCUT2D eigenvalue weighted by molar-refractivity contribution is 5.43. The topological polar surface area (TPSA) is 68.4 Å². The number of aromatic nitrogens is 2. The van der Waals surface area contributed by atoms with E-state index in [2.05, 4.69) is 17.1 Å². The highest BCUT2D eigenvalue weighted by Crippen LogP contribution is 2.25. The van der Waals surface area contributed by atoms with Crippen molar-refractivity contribution in [3.8, 4) is 5.75 Å². The predicted molar refractivity (Wildman–Crippen MR) is 74.5 cm³/mol. The molecule has 0 aliphatic rings. The fourth-order valence-electron chi connectivity index (χ4n) is 2.16. The lowest BCUT2D eigenvalue weighted by atomic mass is 10.1. The van der Waals surface area contributed by atoms with Crippen molar-refractivity contribution in [3.05, 3.63) is 40.5 Å². The smallest absolute Gasteiger partial charge is 0.226 e. The summed E-state index contributed by atoms with van der Waals surface area (Å²) >= 11 is 0. The van der Waals surface area contributed by atoms with E-state index in [-0.39, 0.29) is 13.2 Å². The molecule has 0 saturated carbocycles. The molecular formula is C15H20N2O3. The van der Waals surface area contributed by atoms with Gasteiger partial charge in [-0.25, -0.2) is 0 Å². The van der Waals surface area contributed by atoms with Crippen LogP contribution >= 0.6 is 0 Å². The van der Waals surface area contributed by atoms with Gasteiger partial charge in [-0.15, -0.1) is 0 Å². The molecule has 1 aromatic carbocycles. The Hall–Kier alpha value is -1.88. The van der Waals surface area contributed by atoms with E-state index >= 15 is 0 Å². The number of hydrogen-bond acceptors (Lipinski definition) is 5. The monoisotopic (exact) mass is 276 g/mol. The van der Waals surface area contributed by atoms with Crippen LogP contribution in [0.1, 0.15) is 41.8 Å². The Balaban J connectivity index is 2.06. The molecule has 0 atom stereocenters. The van der Waals surface area contributed by atoms with Crippen LogP contribution in [0.3, 0.4) is 0 Å². The zero-order chi connectivity index (χ0) is 14.5. The first-order valence-corrected chi connectivity index (χ1v) is 6.79. The van der Waals surface area contributed by atoms with Crippen LogP contribution in [0.4, 0.5) is 0 Å². The summed E-state index contributed by atoms with van der Waals surface area (Å²) in [5.74, 6) is 2.01. The maximum absolute atomic E-state index is 9.17. The highest BCUT2D eigenvalue weighted by Gasteiger charge is 2.10. The molecule has 1 N–H and O–H groups in total. The van der Waals surface area contributed by atoms with Gasteiger partial charge in [-0.2, -0.15) is 4.98 Å². The highest BCUT2D eigenvalue weighted by atomic mass is 16.5. The third-order valence-electron chi connectivity index (χ3n) is 3.02. The van der Waals surface area contributed by atoms with Gasteiger partial charge in [0.1, 0.15) is 5.75 Å². The van der Waals surface area contributed by atoms with E-state index < -0.39 is 0 Å². The van der Waals surface area contributed by atoms with Gasteiger partial charge in [-0.05, 0) is 37.0 Å². The second kappa shape index (κ2) is 6.52. The lowest BCUT2D eigenvalue weighted by molar-refractivity contribution is 0.276. The molecule has 0 unspecified atom stereocenters. The lowest BCUT2D eigenvalue weighted by Crippen LogP contribution is -2.02. The Morgan fingerprint density at radius 3 is 2.55 bits per heavy atom. The van der Waals surface area contributed by atoms with E-state index in [1.807, 2.05) is 26.0 Å². The Morgan fingerprint density at radius 1 is 1.25 bits per heavy atom. The molecule has 5 nitrogen and oxygen atoms in total. The summed E-state index contributed by atoms with van der Waals surface area (Å²) in [5, 5.41) is 13.1. The number of aryl methyl sites for hydroxylation is 3. The fourth-order valence-corrected chi connectivity index (χ4v) is 2.16. The normalized spacial score (nSPS) is 10.8. The standard InChI is InChI=1S/C15H20N2O3/c1-4-5-14-16-13(17-20-14)9-19-15-10(2)6-12(8-18)7-11(15)3/h6-7,18H,4-5,8-9H2,1-3H3. The molecule has 1 aromatic heterocycles. The van der Waals surface area contributed by atoms with Crippen LogP contribution in [0.2, 0.25) is 0 Å². The van der Waals surface area contributed by atoms with Crippen molar-refractivity contribution in [2.45, 2.75) is 46.8 Å². The molecule has 5 heteroatoms. The van der Waals surface area contributed by atoms with Crippen LogP contribution < -0.4 is 4.74 Å². The number of benzene rings is 1. The van der Waals surface area contributed by atoms with Crippen molar-refractivity contribution in [2.24, 2.45) is 0 Å². The minimum Gasteiger partial charge on any atom is -0.485 e. The number of aliphatic hydroxyl groups is 1. The molecule has 108 valence electrons. The molecule has 0 fully saturated rings. The Kier molecular flexibility index (Phi) is 4.74. The van der Waals surface area contributed by atoms with Crippen molar-refractivity contribution in [1.29, 1.82) is 0 Å². The zero-order valence-electron chi connectivity index (χ0n) is 12.1. The summed E-state index contributed by atoms with van der Waals surface area (Å²) in [7, 11) is 0. The summed E-state index contributed by atoms with van der Waals surface area (Å²) in [6.07, 6.45) is 1.76. The minimum atomic E-state index is 0.0349. The van der Waals surface area contributed by atoms with Gasteiger partial charge < -0.3 is 14.4 Å².